The molecule has 0 bridgehead atoms. The van der Waals surface area contributed by atoms with Crippen molar-refractivity contribution in [2.24, 2.45) is 0 Å². The van der Waals surface area contributed by atoms with Crippen molar-refractivity contribution in [2.45, 2.75) is 18.9 Å². The molecule has 1 heterocycles. The number of nitrogens with zero attached hydrogens (tertiary/aromatic N) is 1. The van der Waals surface area contributed by atoms with Gasteiger partial charge in [-0.15, -0.1) is 0 Å². The van der Waals surface area contributed by atoms with E-state index in [0.29, 0.717) is 23.3 Å². The fraction of sp³-hybridized carbons (Fsp3) is 0.200. The number of thioether (sulfide) groups is 1. The highest BCUT2D eigenvalue weighted by atomic mass is 32.2. The Bertz CT molecular complexity index is 948. The first-order valence-electron chi connectivity index (χ1n) is 8.47. The van der Waals surface area contributed by atoms with Gasteiger partial charge in [0.1, 0.15) is 0 Å². The fourth-order valence-corrected chi connectivity index (χ4v) is 3.44. The molecule has 3 rings (SSSR count). The van der Waals surface area contributed by atoms with Crippen molar-refractivity contribution in [1.29, 1.82) is 0 Å². The highest BCUT2D eigenvalue weighted by molar-refractivity contribution is 8.14. The summed E-state index contributed by atoms with van der Waals surface area (Å²) in [5.74, 6) is -0.199. The van der Waals surface area contributed by atoms with E-state index in [2.05, 4.69) is 0 Å². The number of alkyl halides is 6. The van der Waals surface area contributed by atoms with Crippen LogP contribution in [0.25, 0.3) is 12.2 Å². The summed E-state index contributed by atoms with van der Waals surface area (Å²) in [7, 11) is 0. The predicted octanol–water partition coefficient (Wildman–Crippen LogP) is 6.09. The van der Waals surface area contributed by atoms with E-state index in [-0.39, 0.29) is 35.1 Å². The molecule has 1 aliphatic rings. The molecule has 2 amide bonds. The molecule has 0 saturated carbocycles. The smallest absolute Gasteiger partial charge is 0.273 e. The Morgan fingerprint density at radius 3 is 1.83 bits per heavy atom. The Labute approximate surface area is 171 Å². The van der Waals surface area contributed by atoms with Crippen LogP contribution in [0.1, 0.15) is 27.8 Å². The van der Waals surface area contributed by atoms with E-state index < -0.39 is 23.5 Å². The molecule has 0 radical (unpaired) electrons. The SMILES string of the molecule is O=C1CSC(=O)N1Cc1ccc(/C=C/c2cc(C(F)(F)F)cc(C(F)(F)F)c2)cc1. The lowest BCUT2D eigenvalue weighted by atomic mass is 10.0. The molecule has 158 valence electrons. The number of hydrogen-bond donors (Lipinski definition) is 0. The lowest BCUT2D eigenvalue weighted by Gasteiger charge is -2.13. The molecule has 0 N–H and O–H groups in total. The quantitative estimate of drug-likeness (QED) is 0.422. The molecule has 0 aromatic heterocycles. The molecule has 0 aliphatic carbocycles. The lowest BCUT2D eigenvalue weighted by molar-refractivity contribution is -0.143. The maximum atomic E-state index is 12.9. The summed E-state index contributed by atoms with van der Waals surface area (Å²) in [6, 6.07) is 7.77. The maximum Gasteiger partial charge on any atom is 0.416 e. The van der Waals surface area contributed by atoms with Gasteiger partial charge >= 0.3 is 12.4 Å². The molecule has 2 aromatic rings. The van der Waals surface area contributed by atoms with Crippen molar-refractivity contribution in [2.75, 3.05) is 5.75 Å². The summed E-state index contributed by atoms with van der Waals surface area (Å²) < 4.78 is 77.5. The Kier molecular flexibility index (Phi) is 5.98. The Morgan fingerprint density at radius 2 is 1.37 bits per heavy atom. The summed E-state index contributed by atoms with van der Waals surface area (Å²) >= 11 is 0.913. The molecule has 2 aromatic carbocycles. The molecule has 1 saturated heterocycles. The Balaban J connectivity index is 1.80. The van der Waals surface area contributed by atoms with Crippen molar-refractivity contribution in [1.82, 2.24) is 4.90 Å². The minimum absolute atomic E-state index is 0.0748. The number of halogens is 6. The second-order valence-electron chi connectivity index (χ2n) is 6.45. The number of imide groups is 1. The first kappa shape index (κ1) is 21.9. The summed E-state index contributed by atoms with van der Waals surface area (Å²) in [6.07, 6.45) is -7.28. The highest BCUT2D eigenvalue weighted by Crippen LogP contribution is 2.36. The van der Waals surface area contributed by atoms with Crippen LogP contribution in [0.3, 0.4) is 0 Å². The van der Waals surface area contributed by atoms with Gasteiger partial charge in [-0.3, -0.25) is 14.5 Å². The van der Waals surface area contributed by atoms with Gasteiger partial charge in [-0.2, -0.15) is 26.3 Å². The molecule has 1 fully saturated rings. The van der Waals surface area contributed by atoms with E-state index in [4.69, 9.17) is 0 Å². The molecule has 0 spiro atoms. The van der Waals surface area contributed by atoms with Crippen LogP contribution >= 0.6 is 11.8 Å². The lowest BCUT2D eigenvalue weighted by Crippen LogP contribution is -2.27. The molecular formula is C20H13F6NO2S. The number of benzene rings is 2. The van der Waals surface area contributed by atoms with Crippen LogP contribution in [0.5, 0.6) is 0 Å². The maximum absolute atomic E-state index is 12.9. The third-order valence-corrected chi connectivity index (χ3v) is 5.10. The van der Waals surface area contributed by atoms with Gasteiger partial charge in [0.25, 0.3) is 5.24 Å². The van der Waals surface area contributed by atoms with Crippen LogP contribution < -0.4 is 0 Å². The molecule has 0 atom stereocenters. The predicted molar refractivity (Wildman–Crippen MR) is 100 cm³/mol. The first-order chi connectivity index (χ1) is 13.9. The van der Waals surface area contributed by atoms with Gasteiger partial charge in [0.05, 0.1) is 23.4 Å². The summed E-state index contributed by atoms with van der Waals surface area (Å²) in [6.45, 7) is 0.0945. The number of carbonyl (C=O) groups is 2. The number of carbonyl (C=O) groups excluding carboxylic acids is 2. The van der Waals surface area contributed by atoms with Crippen LogP contribution in [0.15, 0.2) is 42.5 Å². The van der Waals surface area contributed by atoms with Gasteiger partial charge < -0.3 is 0 Å². The number of rotatable bonds is 4. The standard InChI is InChI=1S/C20H13F6NO2S/c21-19(22,23)15-7-14(8-16(9-15)20(24,25)26)6-3-12-1-4-13(5-2-12)10-27-17(28)11-30-18(27)29/h1-9H,10-11H2/b6-3+. The van der Waals surface area contributed by atoms with E-state index in [1.165, 1.54) is 6.08 Å². The average Bonchev–Trinajstić information content (AvgIpc) is 2.98. The molecule has 10 heteroatoms. The minimum atomic E-state index is -4.91. The van der Waals surface area contributed by atoms with Crippen molar-refractivity contribution in [3.05, 3.63) is 70.3 Å². The molecular weight excluding hydrogens is 432 g/mol. The molecule has 0 unspecified atom stereocenters. The topological polar surface area (TPSA) is 37.4 Å². The van der Waals surface area contributed by atoms with Gasteiger partial charge in [-0.1, -0.05) is 48.2 Å². The monoisotopic (exact) mass is 445 g/mol. The average molecular weight is 445 g/mol. The van der Waals surface area contributed by atoms with Crippen LogP contribution in [-0.4, -0.2) is 21.8 Å². The summed E-state index contributed by atoms with van der Waals surface area (Å²) in [4.78, 5) is 24.3. The fourth-order valence-electron chi connectivity index (χ4n) is 2.72. The number of hydrogen-bond acceptors (Lipinski definition) is 3. The van der Waals surface area contributed by atoms with Gasteiger partial charge in [0.2, 0.25) is 5.91 Å². The van der Waals surface area contributed by atoms with Crippen LogP contribution in [0, 0.1) is 0 Å². The number of amides is 2. The van der Waals surface area contributed by atoms with Gasteiger partial charge in [-0.25, -0.2) is 0 Å². The van der Waals surface area contributed by atoms with Gasteiger partial charge in [0.15, 0.2) is 0 Å². The van der Waals surface area contributed by atoms with Crippen LogP contribution in [0.2, 0.25) is 0 Å². The molecule has 1 aliphatic heterocycles. The second-order valence-corrected chi connectivity index (χ2v) is 7.38. The summed E-state index contributed by atoms with van der Waals surface area (Å²) in [5.41, 5.74) is -1.82. The van der Waals surface area contributed by atoms with Crippen molar-refractivity contribution in [3.8, 4) is 0 Å². The van der Waals surface area contributed by atoms with E-state index in [9.17, 15) is 35.9 Å². The zero-order valence-corrected chi connectivity index (χ0v) is 15.9. The zero-order chi connectivity index (χ0) is 22.1. The third-order valence-electron chi connectivity index (χ3n) is 4.24. The Hall–Kier alpha value is -2.75. The normalized spacial score (nSPS) is 15.5. The minimum Gasteiger partial charge on any atom is -0.273 e. The highest BCUT2D eigenvalue weighted by Gasteiger charge is 2.36. The molecule has 30 heavy (non-hydrogen) atoms. The van der Waals surface area contributed by atoms with E-state index in [0.717, 1.165) is 22.7 Å². The van der Waals surface area contributed by atoms with Crippen molar-refractivity contribution in [3.63, 3.8) is 0 Å². The van der Waals surface area contributed by atoms with E-state index in [1.54, 1.807) is 24.3 Å². The third kappa shape index (κ3) is 5.24. The van der Waals surface area contributed by atoms with E-state index in [1.807, 2.05) is 0 Å². The van der Waals surface area contributed by atoms with Crippen molar-refractivity contribution >= 4 is 35.1 Å². The Morgan fingerprint density at radius 1 is 0.833 bits per heavy atom. The van der Waals surface area contributed by atoms with Gasteiger partial charge in [0, 0.05) is 0 Å². The largest absolute Gasteiger partial charge is 0.416 e. The first-order valence-corrected chi connectivity index (χ1v) is 9.46. The summed E-state index contributed by atoms with van der Waals surface area (Å²) in [5, 5.41) is -0.339. The van der Waals surface area contributed by atoms with Crippen LogP contribution in [0.4, 0.5) is 31.1 Å². The second kappa shape index (κ2) is 8.17. The molecule has 3 nitrogen and oxygen atoms in total. The van der Waals surface area contributed by atoms with Crippen LogP contribution in [-0.2, 0) is 23.7 Å². The van der Waals surface area contributed by atoms with E-state index >= 15 is 0 Å². The zero-order valence-electron chi connectivity index (χ0n) is 15.1. The van der Waals surface area contributed by atoms with Crippen molar-refractivity contribution < 1.29 is 35.9 Å². The van der Waals surface area contributed by atoms with Gasteiger partial charge in [-0.05, 0) is 34.9 Å².